The van der Waals surface area contributed by atoms with E-state index in [1.54, 1.807) is 0 Å². The van der Waals surface area contributed by atoms with E-state index in [0.29, 0.717) is 0 Å². The molecular weight excluding hydrogens is 164 g/mol. The number of ether oxygens (including phenoxy) is 1. The molecule has 0 radical (unpaired) electrons. The molecule has 6 nitrogen and oxygen atoms in total. The molecule has 6 heteroatoms. The molecule has 0 saturated carbocycles. The summed E-state index contributed by atoms with van der Waals surface area (Å²) in [7, 11) is 0. The van der Waals surface area contributed by atoms with Gasteiger partial charge in [-0.15, -0.1) is 0 Å². The lowest BCUT2D eigenvalue weighted by Crippen LogP contribution is -2.33. The Morgan fingerprint density at radius 3 is 2.50 bits per heavy atom. The highest BCUT2D eigenvalue weighted by Gasteiger charge is 2.41. The maximum atomic E-state index is 9.23. The summed E-state index contributed by atoms with van der Waals surface area (Å²) in [5.41, 5.74) is 4.98. The lowest BCUT2D eigenvalue weighted by molar-refractivity contribution is -0.0192. The third-order valence-electron chi connectivity index (χ3n) is 1.75. The van der Waals surface area contributed by atoms with Crippen molar-refractivity contribution in [1.29, 1.82) is 0 Å². The molecule has 1 rings (SSSR count). The first kappa shape index (κ1) is 9.40. The highest BCUT2D eigenvalue weighted by atomic mass is 16.6. The number of aliphatic hydroxyl groups is 3. The van der Waals surface area contributed by atoms with E-state index in [9.17, 15) is 10.2 Å². The van der Waals surface area contributed by atoms with Crippen molar-refractivity contribution in [2.24, 2.45) is 10.7 Å². The van der Waals surface area contributed by atoms with Gasteiger partial charge in [-0.2, -0.15) is 0 Å². The fourth-order valence-corrected chi connectivity index (χ4v) is 1.09. The zero-order valence-electron chi connectivity index (χ0n) is 6.37. The van der Waals surface area contributed by atoms with Gasteiger partial charge in [0.1, 0.15) is 18.3 Å². The maximum Gasteiger partial charge on any atom is 0.178 e. The van der Waals surface area contributed by atoms with Crippen LogP contribution < -0.4 is 5.73 Å². The number of nitrogens with two attached hydrogens (primary N) is 1. The van der Waals surface area contributed by atoms with Gasteiger partial charge in [0, 0.05) is 0 Å². The van der Waals surface area contributed by atoms with Crippen molar-refractivity contribution in [2.45, 2.75) is 24.5 Å². The molecule has 0 unspecified atom stereocenters. The highest BCUT2D eigenvalue weighted by molar-refractivity contribution is 5.51. The number of aliphatic imine (C=N–C) groups is 1. The summed E-state index contributed by atoms with van der Waals surface area (Å²) in [4.78, 5) is 3.56. The van der Waals surface area contributed by atoms with Gasteiger partial charge in [0.15, 0.2) is 6.23 Å². The second kappa shape index (κ2) is 3.81. The van der Waals surface area contributed by atoms with Gasteiger partial charge in [-0.25, -0.2) is 4.99 Å². The smallest absolute Gasteiger partial charge is 0.178 e. The van der Waals surface area contributed by atoms with Crippen molar-refractivity contribution >= 4 is 6.34 Å². The Hall–Kier alpha value is -0.690. The molecule has 1 fully saturated rings. The first-order valence-electron chi connectivity index (χ1n) is 3.56. The quantitative estimate of drug-likeness (QED) is 0.273. The molecule has 70 valence electrons. The van der Waals surface area contributed by atoms with Crippen molar-refractivity contribution < 1.29 is 20.1 Å². The van der Waals surface area contributed by atoms with Gasteiger partial charge >= 0.3 is 0 Å². The number of aliphatic hydroxyl groups excluding tert-OH is 3. The van der Waals surface area contributed by atoms with Crippen LogP contribution in [0.3, 0.4) is 0 Å². The molecule has 5 N–H and O–H groups in total. The second-order valence-electron chi connectivity index (χ2n) is 2.53. The molecule has 0 amide bonds. The summed E-state index contributed by atoms with van der Waals surface area (Å²) in [6, 6.07) is 0. The first-order valence-corrected chi connectivity index (χ1v) is 3.56. The predicted octanol–water partition coefficient (Wildman–Crippen LogP) is -2.59. The normalized spacial score (nSPS) is 42.6. The van der Waals surface area contributed by atoms with E-state index in [2.05, 4.69) is 4.99 Å². The van der Waals surface area contributed by atoms with Crippen LogP contribution in [0.2, 0.25) is 0 Å². The monoisotopic (exact) mass is 176 g/mol. The SMILES string of the molecule is N/C=N/[C@@H]1O[C@H](CO)[C@@H](O)[C@H]1O. The Kier molecular flexibility index (Phi) is 2.99. The standard InChI is InChI=1S/C6H12N2O4/c7-2-8-6-5(11)4(10)3(1-9)12-6/h2-6,9-11H,1H2,(H2,7,8)/t3-,4-,5-,6-/m1/s1. The van der Waals surface area contributed by atoms with Crippen LogP contribution in [-0.2, 0) is 4.74 Å². The summed E-state index contributed by atoms with van der Waals surface area (Å²) >= 11 is 0. The van der Waals surface area contributed by atoms with Crippen LogP contribution in [0.1, 0.15) is 0 Å². The third kappa shape index (κ3) is 1.56. The Balaban J connectivity index is 2.60. The number of nitrogens with zero attached hydrogens (tertiary/aromatic N) is 1. The van der Waals surface area contributed by atoms with E-state index in [1.807, 2.05) is 0 Å². The molecule has 1 saturated heterocycles. The minimum absolute atomic E-state index is 0.352. The van der Waals surface area contributed by atoms with Gasteiger partial charge in [-0.05, 0) is 0 Å². The third-order valence-corrected chi connectivity index (χ3v) is 1.75. The van der Waals surface area contributed by atoms with Crippen LogP contribution in [0.5, 0.6) is 0 Å². The van der Waals surface area contributed by atoms with E-state index in [0.717, 1.165) is 6.34 Å². The first-order chi connectivity index (χ1) is 5.70. The number of hydrogen-bond acceptors (Lipinski definition) is 5. The summed E-state index contributed by atoms with van der Waals surface area (Å²) in [6.45, 7) is -0.352. The van der Waals surface area contributed by atoms with E-state index in [-0.39, 0.29) is 6.61 Å². The number of rotatable bonds is 2. The second-order valence-corrected chi connectivity index (χ2v) is 2.53. The van der Waals surface area contributed by atoms with Crippen molar-refractivity contribution in [3.63, 3.8) is 0 Å². The molecule has 0 aromatic rings. The fourth-order valence-electron chi connectivity index (χ4n) is 1.09. The lowest BCUT2D eigenvalue weighted by Gasteiger charge is -2.09. The average molecular weight is 176 g/mol. The Labute approximate surface area is 69.3 Å². The molecule has 1 aliphatic rings. The molecule has 0 aromatic carbocycles. The van der Waals surface area contributed by atoms with Crippen LogP contribution in [-0.4, -0.2) is 52.8 Å². The van der Waals surface area contributed by atoms with Gasteiger partial charge in [0.05, 0.1) is 12.9 Å². The Bertz CT molecular complexity index is 175. The minimum Gasteiger partial charge on any atom is -0.394 e. The maximum absolute atomic E-state index is 9.23. The molecule has 4 atom stereocenters. The lowest BCUT2D eigenvalue weighted by atomic mass is 10.1. The molecule has 0 aliphatic carbocycles. The molecule has 12 heavy (non-hydrogen) atoms. The molecular formula is C6H12N2O4. The van der Waals surface area contributed by atoms with Gasteiger partial charge in [0.25, 0.3) is 0 Å². The van der Waals surface area contributed by atoms with Crippen LogP contribution >= 0.6 is 0 Å². The van der Waals surface area contributed by atoms with Crippen LogP contribution in [0.25, 0.3) is 0 Å². The molecule has 0 spiro atoms. The summed E-state index contributed by atoms with van der Waals surface area (Å²) in [5, 5.41) is 27.1. The van der Waals surface area contributed by atoms with Crippen molar-refractivity contribution in [1.82, 2.24) is 0 Å². The topological polar surface area (TPSA) is 108 Å². The zero-order valence-corrected chi connectivity index (χ0v) is 6.37. The predicted molar refractivity (Wildman–Crippen MR) is 40.4 cm³/mol. The zero-order chi connectivity index (χ0) is 9.14. The van der Waals surface area contributed by atoms with E-state index in [1.165, 1.54) is 0 Å². The van der Waals surface area contributed by atoms with Crippen LogP contribution in [0.4, 0.5) is 0 Å². The van der Waals surface area contributed by atoms with Crippen molar-refractivity contribution in [3.8, 4) is 0 Å². The molecule has 0 aromatic heterocycles. The Morgan fingerprint density at radius 2 is 2.08 bits per heavy atom. The molecule has 1 aliphatic heterocycles. The summed E-state index contributed by atoms with van der Waals surface area (Å²) in [6.07, 6.45) is -2.90. The number of hydrogen-bond donors (Lipinski definition) is 4. The van der Waals surface area contributed by atoms with Crippen molar-refractivity contribution in [2.75, 3.05) is 6.61 Å². The highest BCUT2D eigenvalue weighted by Crippen LogP contribution is 2.21. The Morgan fingerprint density at radius 1 is 1.42 bits per heavy atom. The van der Waals surface area contributed by atoms with Gasteiger partial charge in [-0.1, -0.05) is 0 Å². The molecule has 0 bridgehead atoms. The molecule has 1 heterocycles. The van der Waals surface area contributed by atoms with Gasteiger partial charge < -0.3 is 25.8 Å². The minimum atomic E-state index is -1.12. The summed E-state index contributed by atoms with van der Waals surface area (Å²) < 4.78 is 4.95. The van der Waals surface area contributed by atoms with E-state index in [4.69, 9.17) is 15.6 Å². The average Bonchev–Trinajstić information content (AvgIpc) is 2.33. The summed E-state index contributed by atoms with van der Waals surface area (Å²) in [5.74, 6) is 0. The van der Waals surface area contributed by atoms with Crippen molar-refractivity contribution in [3.05, 3.63) is 0 Å². The van der Waals surface area contributed by atoms with Crippen LogP contribution in [0.15, 0.2) is 4.99 Å². The van der Waals surface area contributed by atoms with E-state index >= 15 is 0 Å². The van der Waals surface area contributed by atoms with Gasteiger partial charge in [-0.3, -0.25) is 0 Å². The fraction of sp³-hybridized carbons (Fsp3) is 0.833. The van der Waals surface area contributed by atoms with Crippen LogP contribution in [0, 0.1) is 0 Å². The van der Waals surface area contributed by atoms with E-state index < -0.39 is 24.5 Å². The van der Waals surface area contributed by atoms with Gasteiger partial charge in [0.2, 0.25) is 0 Å². The largest absolute Gasteiger partial charge is 0.394 e.